The number of aromatic nitrogens is 1. The average molecular weight is 627 g/mol. The summed E-state index contributed by atoms with van der Waals surface area (Å²) in [5, 5.41) is 3.66. The minimum atomic E-state index is -3.05. The van der Waals surface area contributed by atoms with Crippen molar-refractivity contribution in [2.45, 2.75) is 45.6 Å². The standard InChI is InChI=1S/C29H25Cl2F3N2O4S/c1-16(2)38-26-11-17(7-9-24(26)40-29(33)34)25(12-19-20(30)14-35-15-21(19)31)39-28(37)27-10-8-18(41-27)13-36-23-6-4-3-5-22(23)32/h3-11,14-16,25,29,36H,12-13H2,1-2H3/p+1/t25-/m0/s1. The van der Waals surface area contributed by atoms with Crippen LogP contribution in [0.15, 0.2) is 67.0 Å². The van der Waals surface area contributed by atoms with E-state index in [0.717, 1.165) is 4.88 Å². The molecule has 1 atom stereocenters. The topological polar surface area (TPSA) is 70.9 Å². The number of pyridine rings is 1. The van der Waals surface area contributed by atoms with Crippen LogP contribution in [0.3, 0.4) is 0 Å². The van der Waals surface area contributed by atoms with Crippen molar-refractivity contribution in [1.29, 1.82) is 0 Å². The summed E-state index contributed by atoms with van der Waals surface area (Å²) in [7, 11) is 0. The zero-order valence-corrected chi connectivity index (χ0v) is 24.3. The van der Waals surface area contributed by atoms with Gasteiger partial charge >= 0.3 is 12.6 Å². The van der Waals surface area contributed by atoms with Gasteiger partial charge in [-0.2, -0.15) is 8.78 Å². The van der Waals surface area contributed by atoms with Crippen molar-refractivity contribution in [2.75, 3.05) is 5.32 Å². The number of nitrogens with one attached hydrogen (secondary N) is 2. The van der Waals surface area contributed by atoms with Crippen molar-refractivity contribution in [3.05, 3.63) is 104 Å². The third kappa shape index (κ3) is 8.28. The lowest BCUT2D eigenvalue weighted by Gasteiger charge is -2.21. The Hall–Kier alpha value is -3.47. The molecule has 2 aromatic carbocycles. The Morgan fingerprint density at radius 2 is 1.73 bits per heavy atom. The molecule has 0 radical (unpaired) electrons. The number of hydrogen-bond acceptors (Lipinski definition) is 6. The number of thiophene rings is 1. The molecular formula is C29H26Cl2F3N2O4S+. The third-order valence-corrected chi connectivity index (χ3v) is 7.48. The van der Waals surface area contributed by atoms with Crippen LogP contribution in [0, 0.1) is 5.82 Å². The SMILES string of the molecule is CC(C)Oc1cc([C@H](Cc2c(Cl)c[nH+]cc2Cl)OC(=O)c2ccc(CNc3ccccc3F)s2)ccc1OC(F)F. The van der Waals surface area contributed by atoms with Crippen molar-refractivity contribution < 1.29 is 37.2 Å². The normalized spacial score (nSPS) is 11.9. The van der Waals surface area contributed by atoms with Gasteiger partial charge in [-0.05, 0) is 55.8 Å². The fourth-order valence-corrected chi connectivity index (χ4v) is 5.27. The molecule has 12 heteroatoms. The molecule has 4 aromatic rings. The highest BCUT2D eigenvalue weighted by atomic mass is 35.5. The lowest BCUT2D eigenvalue weighted by atomic mass is 10.0. The first kappa shape index (κ1) is 30.5. The maximum Gasteiger partial charge on any atom is 0.387 e. The van der Waals surface area contributed by atoms with E-state index in [-0.39, 0.29) is 29.8 Å². The van der Waals surface area contributed by atoms with Gasteiger partial charge in [-0.3, -0.25) is 0 Å². The molecule has 41 heavy (non-hydrogen) atoms. The molecule has 2 N–H and O–H groups in total. The van der Waals surface area contributed by atoms with Gasteiger partial charge in [0.2, 0.25) is 0 Å². The second-order valence-electron chi connectivity index (χ2n) is 9.08. The molecular weight excluding hydrogens is 600 g/mol. The van der Waals surface area contributed by atoms with Gasteiger partial charge in [0.1, 0.15) is 26.8 Å². The van der Waals surface area contributed by atoms with Gasteiger partial charge in [-0.25, -0.2) is 14.2 Å². The zero-order valence-electron chi connectivity index (χ0n) is 21.9. The summed E-state index contributed by atoms with van der Waals surface area (Å²) in [5.41, 5.74) is 1.32. The Balaban J connectivity index is 1.60. The number of halogens is 5. The van der Waals surface area contributed by atoms with E-state index >= 15 is 0 Å². The summed E-state index contributed by atoms with van der Waals surface area (Å²) >= 11 is 14.0. The molecule has 6 nitrogen and oxygen atoms in total. The summed E-state index contributed by atoms with van der Waals surface area (Å²) in [6.45, 7) is 0.732. The van der Waals surface area contributed by atoms with Crippen molar-refractivity contribution in [3.63, 3.8) is 0 Å². The maximum atomic E-state index is 13.9. The number of anilines is 1. The second kappa shape index (κ2) is 13.9. The van der Waals surface area contributed by atoms with Gasteiger partial charge in [0, 0.05) is 23.4 Å². The van der Waals surface area contributed by atoms with Gasteiger partial charge in [0.25, 0.3) is 0 Å². The number of carbonyl (C=O) groups excluding carboxylic acids is 1. The Bertz CT molecular complexity index is 1480. The lowest BCUT2D eigenvalue weighted by Crippen LogP contribution is -2.16. The molecule has 0 amide bonds. The summed E-state index contributed by atoms with van der Waals surface area (Å²) in [6.07, 6.45) is 1.91. The Labute approximate surface area is 249 Å². The second-order valence-corrected chi connectivity index (χ2v) is 11.1. The van der Waals surface area contributed by atoms with Gasteiger partial charge in [0.05, 0.1) is 11.8 Å². The largest absolute Gasteiger partial charge is 0.487 e. The maximum absolute atomic E-state index is 13.9. The number of alkyl halides is 2. The van der Waals surface area contributed by atoms with Crippen LogP contribution < -0.4 is 19.8 Å². The smallest absolute Gasteiger partial charge is 0.387 e. The fraction of sp³-hybridized carbons (Fsp3) is 0.241. The first-order chi connectivity index (χ1) is 19.6. The summed E-state index contributed by atoms with van der Waals surface area (Å²) in [4.78, 5) is 17.2. The minimum absolute atomic E-state index is 0.0649. The molecule has 2 heterocycles. The molecule has 216 valence electrons. The summed E-state index contributed by atoms with van der Waals surface area (Å²) in [5.74, 6) is -1.09. The number of rotatable bonds is 12. The first-order valence-electron chi connectivity index (χ1n) is 12.5. The Morgan fingerprint density at radius 3 is 2.41 bits per heavy atom. The highest BCUT2D eigenvalue weighted by Gasteiger charge is 2.25. The van der Waals surface area contributed by atoms with Crippen molar-refractivity contribution in [3.8, 4) is 11.5 Å². The predicted molar refractivity (Wildman–Crippen MR) is 152 cm³/mol. The van der Waals surface area contributed by atoms with E-state index in [9.17, 15) is 18.0 Å². The molecule has 0 fully saturated rings. The van der Waals surface area contributed by atoms with Crippen molar-refractivity contribution in [1.82, 2.24) is 0 Å². The zero-order chi connectivity index (χ0) is 29.5. The number of para-hydroxylation sites is 1. The number of carbonyl (C=O) groups is 1. The third-order valence-electron chi connectivity index (χ3n) is 5.74. The number of benzene rings is 2. The highest BCUT2D eigenvalue weighted by Crippen LogP contribution is 2.37. The van der Waals surface area contributed by atoms with Crippen LogP contribution in [0.1, 0.15) is 45.6 Å². The van der Waals surface area contributed by atoms with Crippen LogP contribution in [0.25, 0.3) is 0 Å². The Kier molecular flexibility index (Phi) is 10.4. The van der Waals surface area contributed by atoms with Gasteiger partial charge in [-0.15, -0.1) is 11.3 Å². The lowest BCUT2D eigenvalue weighted by molar-refractivity contribution is -0.377. The summed E-state index contributed by atoms with van der Waals surface area (Å²) in [6, 6.07) is 14.0. The molecule has 0 saturated heterocycles. The van der Waals surface area contributed by atoms with Gasteiger partial charge < -0.3 is 19.5 Å². The highest BCUT2D eigenvalue weighted by molar-refractivity contribution is 7.13. The number of esters is 1. The number of hydrogen-bond donors (Lipinski definition) is 1. The van der Waals surface area contributed by atoms with E-state index in [4.69, 9.17) is 32.7 Å². The average Bonchev–Trinajstić information content (AvgIpc) is 3.39. The number of H-pyrrole nitrogens is 1. The van der Waals surface area contributed by atoms with Crippen LogP contribution >= 0.6 is 34.5 Å². The molecule has 0 aliphatic carbocycles. The van der Waals surface area contributed by atoms with Crippen LogP contribution in [0.2, 0.25) is 10.0 Å². The molecule has 0 spiro atoms. The number of aromatic amines is 1. The molecule has 0 saturated carbocycles. The number of ether oxygens (including phenoxy) is 3. The molecule has 0 unspecified atom stereocenters. The van der Waals surface area contributed by atoms with E-state index in [0.29, 0.717) is 38.3 Å². The molecule has 0 aliphatic rings. The van der Waals surface area contributed by atoms with Crippen molar-refractivity contribution >= 4 is 46.2 Å². The predicted octanol–water partition coefficient (Wildman–Crippen LogP) is 8.15. The molecule has 0 bridgehead atoms. The molecule has 0 aliphatic heterocycles. The van der Waals surface area contributed by atoms with Crippen LogP contribution in [-0.4, -0.2) is 18.7 Å². The Morgan fingerprint density at radius 1 is 1.00 bits per heavy atom. The summed E-state index contributed by atoms with van der Waals surface area (Å²) < 4.78 is 56.2. The monoisotopic (exact) mass is 625 g/mol. The van der Waals surface area contributed by atoms with E-state index in [1.54, 1.807) is 56.6 Å². The van der Waals surface area contributed by atoms with E-state index in [1.807, 2.05) is 0 Å². The van der Waals surface area contributed by atoms with E-state index in [2.05, 4.69) is 15.0 Å². The van der Waals surface area contributed by atoms with Crippen LogP contribution in [-0.2, 0) is 17.7 Å². The van der Waals surface area contributed by atoms with Gasteiger partial charge in [0.15, 0.2) is 23.9 Å². The van der Waals surface area contributed by atoms with Crippen LogP contribution in [0.5, 0.6) is 11.5 Å². The minimum Gasteiger partial charge on any atom is -0.487 e. The van der Waals surface area contributed by atoms with E-state index in [1.165, 1.54) is 35.6 Å². The van der Waals surface area contributed by atoms with Crippen LogP contribution in [0.4, 0.5) is 18.9 Å². The van der Waals surface area contributed by atoms with Crippen molar-refractivity contribution in [2.24, 2.45) is 0 Å². The fourth-order valence-electron chi connectivity index (χ4n) is 3.91. The van der Waals surface area contributed by atoms with E-state index < -0.39 is 18.7 Å². The first-order valence-corrected chi connectivity index (χ1v) is 14.1. The van der Waals surface area contributed by atoms with Gasteiger partial charge in [-0.1, -0.05) is 41.4 Å². The molecule has 2 aromatic heterocycles. The quantitative estimate of drug-likeness (QED) is 0.161. The molecule has 4 rings (SSSR count).